The molecule has 0 aromatic carbocycles. The molecule has 6 heteroatoms. The first-order valence-corrected chi connectivity index (χ1v) is 5.26. The van der Waals surface area contributed by atoms with Crippen molar-refractivity contribution >= 4 is 16.2 Å². The van der Waals surface area contributed by atoms with Gasteiger partial charge in [-0.15, -0.1) is 0 Å². The highest BCUT2D eigenvalue weighted by Gasteiger charge is 2.11. The van der Waals surface area contributed by atoms with Crippen molar-refractivity contribution in [2.45, 2.75) is 19.8 Å². The summed E-state index contributed by atoms with van der Waals surface area (Å²) < 4.78 is 27.8. The number of hydrogen-bond donors (Lipinski definition) is 1. The first-order chi connectivity index (χ1) is 6.02. The van der Waals surface area contributed by atoms with Crippen molar-refractivity contribution in [1.29, 1.82) is 0 Å². The van der Waals surface area contributed by atoms with Crippen molar-refractivity contribution in [3.63, 3.8) is 0 Å². The van der Waals surface area contributed by atoms with Crippen molar-refractivity contribution in [2.75, 3.05) is 6.61 Å². The zero-order chi connectivity index (χ0) is 10.3. The smallest absolute Gasteiger partial charge is 0.269 e. The van der Waals surface area contributed by atoms with Crippen LogP contribution in [-0.2, 0) is 19.3 Å². The molecular weight excluding hydrogens is 194 g/mol. The minimum absolute atomic E-state index is 0.0796. The van der Waals surface area contributed by atoms with Gasteiger partial charge in [-0.25, -0.2) is 4.72 Å². The average Bonchev–Trinajstić information content (AvgIpc) is 2.03. The van der Waals surface area contributed by atoms with Gasteiger partial charge < -0.3 is 0 Å². The van der Waals surface area contributed by atoms with E-state index in [1.54, 1.807) is 4.72 Å². The summed E-state index contributed by atoms with van der Waals surface area (Å²) in [5, 5.41) is 0. The lowest BCUT2D eigenvalue weighted by Gasteiger charge is -2.03. The van der Waals surface area contributed by atoms with Crippen LogP contribution in [0.4, 0.5) is 0 Å². The molecule has 13 heavy (non-hydrogen) atoms. The SMILES string of the molecule is C=CC(=O)NS(=O)(=O)OCCCC. The van der Waals surface area contributed by atoms with E-state index in [1.165, 1.54) is 0 Å². The second-order valence-electron chi connectivity index (χ2n) is 2.30. The number of rotatable bonds is 6. The van der Waals surface area contributed by atoms with E-state index in [0.29, 0.717) is 6.42 Å². The van der Waals surface area contributed by atoms with Crippen LogP contribution >= 0.6 is 0 Å². The normalized spacial score (nSPS) is 10.8. The number of unbranched alkanes of at least 4 members (excludes halogenated alkanes) is 1. The molecule has 0 aromatic heterocycles. The van der Waals surface area contributed by atoms with Gasteiger partial charge in [0.2, 0.25) is 0 Å². The van der Waals surface area contributed by atoms with Crippen molar-refractivity contribution in [3.05, 3.63) is 12.7 Å². The maximum absolute atomic E-state index is 10.9. The molecular formula is C7H13NO4S. The van der Waals surface area contributed by atoms with Gasteiger partial charge in [0.05, 0.1) is 6.61 Å². The molecule has 0 spiro atoms. The number of carbonyl (C=O) groups excluding carboxylic acids is 1. The van der Waals surface area contributed by atoms with Crippen LogP contribution in [0.2, 0.25) is 0 Å². The Hall–Kier alpha value is -0.880. The van der Waals surface area contributed by atoms with Crippen LogP contribution in [0.5, 0.6) is 0 Å². The Labute approximate surface area is 78.0 Å². The first kappa shape index (κ1) is 12.1. The van der Waals surface area contributed by atoms with Crippen molar-refractivity contribution < 1.29 is 17.4 Å². The van der Waals surface area contributed by atoms with Crippen LogP contribution in [-0.4, -0.2) is 20.9 Å². The molecule has 0 atom stereocenters. The minimum Gasteiger partial charge on any atom is -0.269 e. The van der Waals surface area contributed by atoms with Gasteiger partial charge in [-0.05, 0) is 12.5 Å². The Balaban J connectivity index is 3.95. The van der Waals surface area contributed by atoms with Crippen LogP contribution in [0.15, 0.2) is 12.7 Å². The van der Waals surface area contributed by atoms with Gasteiger partial charge >= 0.3 is 10.3 Å². The van der Waals surface area contributed by atoms with Crippen LogP contribution in [0, 0.1) is 0 Å². The van der Waals surface area contributed by atoms with E-state index in [4.69, 9.17) is 0 Å². The molecule has 0 rings (SSSR count). The molecule has 5 nitrogen and oxygen atoms in total. The lowest BCUT2D eigenvalue weighted by Crippen LogP contribution is -2.30. The molecule has 0 unspecified atom stereocenters. The molecule has 0 aromatic rings. The van der Waals surface area contributed by atoms with E-state index in [9.17, 15) is 13.2 Å². The Morgan fingerprint density at radius 2 is 2.23 bits per heavy atom. The summed E-state index contributed by atoms with van der Waals surface area (Å²) in [6.45, 7) is 5.09. The molecule has 76 valence electrons. The summed E-state index contributed by atoms with van der Waals surface area (Å²) in [6, 6.07) is 0. The zero-order valence-electron chi connectivity index (χ0n) is 7.45. The third kappa shape index (κ3) is 6.30. The third-order valence-electron chi connectivity index (χ3n) is 1.15. The van der Waals surface area contributed by atoms with E-state index in [-0.39, 0.29) is 6.61 Å². The topological polar surface area (TPSA) is 72.5 Å². The summed E-state index contributed by atoms with van der Waals surface area (Å²) in [7, 11) is -3.94. The van der Waals surface area contributed by atoms with Gasteiger partial charge in [-0.2, -0.15) is 8.42 Å². The van der Waals surface area contributed by atoms with Crippen molar-refractivity contribution in [1.82, 2.24) is 4.72 Å². The van der Waals surface area contributed by atoms with Crippen LogP contribution in [0.1, 0.15) is 19.8 Å². The molecule has 0 aliphatic heterocycles. The molecule has 0 radical (unpaired) electrons. The quantitative estimate of drug-likeness (QED) is 0.504. The van der Waals surface area contributed by atoms with Gasteiger partial charge in [-0.1, -0.05) is 19.9 Å². The van der Waals surface area contributed by atoms with Gasteiger partial charge in [-0.3, -0.25) is 8.98 Å². The molecule has 0 fully saturated rings. The fraction of sp³-hybridized carbons (Fsp3) is 0.571. The predicted molar refractivity (Wildman–Crippen MR) is 48.1 cm³/mol. The average molecular weight is 207 g/mol. The first-order valence-electron chi connectivity index (χ1n) is 3.85. The van der Waals surface area contributed by atoms with E-state index < -0.39 is 16.2 Å². The number of hydrogen-bond acceptors (Lipinski definition) is 4. The molecule has 0 bridgehead atoms. The largest absolute Gasteiger partial charge is 0.362 e. The molecule has 0 aliphatic rings. The van der Waals surface area contributed by atoms with E-state index >= 15 is 0 Å². The molecule has 1 amide bonds. The molecule has 1 N–H and O–H groups in total. The summed E-state index contributed by atoms with van der Waals surface area (Å²) >= 11 is 0. The molecule has 0 saturated heterocycles. The fourth-order valence-electron chi connectivity index (χ4n) is 0.507. The lowest BCUT2D eigenvalue weighted by molar-refractivity contribution is -0.114. The van der Waals surface area contributed by atoms with Crippen LogP contribution in [0.25, 0.3) is 0 Å². The van der Waals surface area contributed by atoms with Gasteiger partial charge in [0.1, 0.15) is 0 Å². The Morgan fingerprint density at radius 1 is 1.62 bits per heavy atom. The van der Waals surface area contributed by atoms with E-state index in [2.05, 4.69) is 10.8 Å². The Morgan fingerprint density at radius 3 is 2.69 bits per heavy atom. The Bertz CT molecular complexity index is 270. The second kappa shape index (κ2) is 5.71. The summed E-state index contributed by atoms with van der Waals surface area (Å²) in [4.78, 5) is 10.6. The highest BCUT2D eigenvalue weighted by Crippen LogP contribution is 1.93. The fourth-order valence-corrected chi connectivity index (χ4v) is 1.23. The standard InChI is InChI=1S/C7H13NO4S/c1-3-5-6-12-13(10,11)8-7(9)4-2/h4H,2-3,5-6H2,1H3,(H,8,9). The van der Waals surface area contributed by atoms with Crippen molar-refractivity contribution in [2.24, 2.45) is 0 Å². The maximum atomic E-state index is 10.9. The van der Waals surface area contributed by atoms with Gasteiger partial charge in [0.25, 0.3) is 5.91 Å². The molecule has 0 saturated carbocycles. The van der Waals surface area contributed by atoms with Gasteiger partial charge in [0, 0.05) is 0 Å². The van der Waals surface area contributed by atoms with E-state index in [0.717, 1.165) is 12.5 Å². The predicted octanol–water partition coefficient (Wildman–Crippen LogP) is 0.350. The summed E-state index contributed by atoms with van der Waals surface area (Å²) in [6.07, 6.45) is 2.31. The second-order valence-corrected chi connectivity index (χ2v) is 3.65. The minimum atomic E-state index is -3.94. The number of carbonyl (C=O) groups is 1. The zero-order valence-corrected chi connectivity index (χ0v) is 8.26. The monoisotopic (exact) mass is 207 g/mol. The summed E-state index contributed by atoms with van der Waals surface area (Å²) in [5.74, 6) is -0.795. The van der Waals surface area contributed by atoms with Crippen LogP contribution < -0.4 is 4.72 Å². The maximum Gasteiger partial charge on any atom is 0.362 e. The highest BCUT2D eigenvalue weighted by atomic mass is 32.2. The number of nitrogens with one attached hydrogen (secondary N) is 1. The van der Waals surface area contributed by atoms with E-state index in [1.807, 2.05) is 6.92 Å². The van der Waals surface area contributed by atoms with Gasteiger partial charge in [0.15, 0.2) is 0 Å². The molecule has 0 heterocycles. The highest BCUT2D eigenvalue weighted by molar-refractivity contribution is 7.85. The lowest BCUT2D eigenvalue weighted by atomic mass is 10.4. The summed E-state index contributed by atoms with van der Waals surface area (Å²) in [5.41, 5.74) is 0. The Kier molecular flexibility index (Phi) is 5.33. The number of amides is 1. The van der Waals surface area contributed by atoms with Crippen LogP contribution in [0.3, 0.4) is 0 Å². The van der Waals surface area contributed by atoms with Crippen molar-refractivity contribution in [3.8, 4) is 0 Å². The molecule has 0 aliphatic carbocycles. The third-order valence-corrected chi connectivity index (χ3v) is 2.08.